The molecule has 0 spiro atoms. The first-order valence-electron chi connectivity index (χ1n) is 6.49. The molecule has 0 bridgehead atoms. The van der Waals surface area contributed by atoms with Gasteiger partial charge in [-0.05, 0) is 13.8 Å². The van der Waals surface area contributed by atoms with Crippen molar-refractivity contribution in [1.29, 1.82) is 0 Å². The molecule has 0 aromatic heterocycles. The number of hydrogen-bond acceptors (Lipinski definition) is 9. The molecule has 9 nitrogen and oxygen atoms in total. The molecule has 0 rings (SSSR count). The van der Waals surface area contributed by atoms with Crippen molar-refractivity contribution in [3.05, 3.63) is 24.3 Å². The largest absolute Gasteiger partial charge is 0.421 e. The topological polar surface area (TPSA) is 156 Å². The fraction of sp³-hybridized carbons (Fsp3) is 0.500. The Kier molecular flexibility index (Phi) is 7.77. The summed E-state index contributed by atoms with van der Waals surface area (Å²) in [7, 11) is 0. The van der Waals surface area contributed by atoms with E-state index in [1.165, 1.54) is 13.8 Å². The van der Waals surface area contributed by atoms with E-state index in [1.54, 1.807) is 0 Å². The van der Waals surface area contributed by atoms with Crippen LogP contribution in [0.2, 0.25) is 0 Å². The lowest BCUT2D eigenvalue weighted by atomic mass is 10.0. The predicted octanol–water partition coefficient (Wildman–Crippen LogP) is -1.49. The molecule has 0 aromatic carbocycles. The molecule has 0 heterocycles. The van der Waals surface area contributed by atoms with Crippen LogP contribution in [0.15, 0.2) is 24.3 Å². The van der Waals surface area contributed by atoms with Gasteiger partial charge in [-0.2, -0.15) is 0 Å². The first-order valence-corrected chi connectivity index (χ1v) is 6.49. The molecular formula is C14H21NO8. The lowest BCUT2D eigenvalue weighted by Crippen LogP contribution is -2.59. The molecule has 2 unspecified atom stereocenters. The van der Waals surface area contributed by atoms with E-state index in [0.29, 0.717) is 0 Å². The molecule has 0 fully saturated rings. The molecule has 0 saturated heterocycles. The van der Waals surface area contributed by atoms with Gasteiger partial charge in [0, 0.05) is 11.1 Å². The fourth-order valence-electron chi connectivity index (χ4n) is 1.19. The summed E-state index contributed by atoms with van der Waals surface area (Å²) in [5.74, 6) is -3.10. The maximum atomic E-state index is 11.9. The second kappa shape index (κ2) is 8.53. The average Bonchev–Trinajstić information content (AvgIpc) is 2.45. The first-order chi connectivity index (χ1) is 10.4. The zero-order chi connectivity index (χ0) is 18.4. The van der Waals surface area contributed by atoms with E-state index in [2.05, 4.69) is 13.2 Å². The molecule has 0 aliphatic rings. The lowest BCUT2D eigenvalue weighted by molar-refractivity contribution is -0.188. The van der Waals surface area contributed by atoms with Gasteiger partial charge >= 0.3 is 11.9 Å². The minimum atomic E-state index is -2.81. The summed E-state index contributed by atoms with van der Waals surface area (Å²) in [5.41, 5.74) is 2.37. The molecule has 0 amide bonds. The van der Waals surface area contributed by atoms with Crippen LogP contribution in [-0.2, 0) is 23.9 Å². The number of ketones is 1. The Morgan fingerprint density at radius 2 is 1.52 bits per heavy atom. The maximum absolute atomic E-state index is 11.9. The molecule has 0 aromatic rings. The van der Waals surface area contributed by atoms with Gasteiger partial charge in [-0.1, -0.05) is 13.2 Å². The molecule has 9 heteroatoms. The molecular weight excluding hydrogens is 310 g/mol. The number of Topliss-reactive ketones (excluding diaryl/α,β-unsaturated/α-hetero) is 1. The number of carbonyl (C=O) groups excluding carboxylic acids is 3. The molecule has 2 atom stereocenters. The quantitative estimate of drug-likeness (QED) is 0.224. The highest BCUT2D eigenvalue weighted by molar-refractivity contribution is 5.91. The van der Waals surface area contributed by atoms with Crippen molar-refractivity contribution >= 4 is 17.7 Å². The van der Waals surface area contributed by atoms with Crippen molar-refractivity contribution in [1.82, 2.24) is 0 Å². The summed E-state index contributed by atoms with van der Waals surface area (Å²) in [6.45, 7) is 8.33. The number of carbonyl (C=O) groups is 3. The van der Waals surface area contributed by atoms with E-state index in [0.717, 1.165) is 0 Å². The smallest absolute Gasteiger partial charge is 0.336 e. The molecule has 0 aliphatic carbocycles. The lowest BCUT2D eigenvalue weighted by Gasteiger charge is -2.27. The van der Waals surface area contributed by atoms with E-state index in [-0.39, 0.29) is 11.1 Å². The molecule has 0 radical (unpaired) electrons. The van der Waals surface area contributed by atoms with Crippen LogP contribution < -0.4 is 5.73 Å². The number of esters is 2. The SMILES string of the molecule is C=C(C)C(=O)OC(CC(=O)C(N)(O)C(O)CO)OC(=O)C(=C)C. The van der Waals surface area contributed by atoms with Gasteiger partial charge in [-0.15, -0.1) is 0 Å². The van der Waals surface area contributed by atoms with Crippen LogP contribution in [0.4, 0.5) is 0 Å². The summed E-state index contributed by atoms with van der Waals surface area (Å²) in [5, 5.41) is 27.8. The van der Waals surface area contributed by atoms with E-state index < -0.39 is 48.9 Å². The third-order valence-corrected chi connectivity index (χ3v) is 2.65. The Balaban J connectivity index is 5.17. The number of aliphatic hydroxyl groups excluding tert-OH is 2. The van der Waals surface area contributed by atoms with Gasteiger partial charge in [-0.3, -0.25) is 10.5 Å². The van der Waals surface area contributed by atoms with Crippen molar-refractivity contribution in [3.63, 3.8) is 0 Å². The highest BCUT2D eigenvalue weighted by atomic mass is 16.7. The zero-order valence-electron chi connectivity index (χ0n) is 12.9. The summed E-state index contributed by atoms with van der Waals surface area (Å²) in [6.07, 6.45) is -4.52. The Morgan fingerprint density at radius 3 is 1.83 bits per heavy atom. The monoisotopic (exact) mass is 331 g/mol. The fourth-order valence-corrected chi connectivity index (χ4v) is 1.19. The second-order valence-corrected chi connectivity index (χ2v) is 4.95. The van der Waals surface area contributed by atoms with Crippen LogP contribution in [0.3, 0.4) is 0 Å². The van der Waals surface area contributed by atoms with Gasteiger partial charge in [0.25, 0.3) is 6.29 Å². The highest BCUT2D eigenvalue weighted by Crippen LogP contribution is 2.14. The zero-order valence-corrected chi connectivity index (χ0v) is 12.9. The standard InChI is InChI=1S/C14H21NO8/c1-7(2)12(19)22-11(23-13(20)8(3)4)5-9(17)14(15,21)10(18)6-16/h10-11,16,18,21H,1,3,5-6,15H2,2,4H3. The maximum Gasteiger partial charge on any atom is 0.336 e. The Bertz CT molecular complexity index is 483. The van der Waals surface area contributed by atoms with E-state index in [9.17, 15) is 24.6 Å². The number of hydrogen-bond donors (Lipinski definition) is 4. The Hall–Kier alpha value is -2.07. The number of nitrogens with two attached hydrogens (primary N) is 1. The minimum Gasteiger partial charge on any atom is -0.421 e. The third-order valence-electron chi connectivity index (χ3n) is 2.65. The Morgan fingerprint density at radius 1 is 1.13 bits per heavy atom. The van der Waals surface area contributed by atoms with Crippen molar-refractivity contribution < 1.29 is 39.2 Å². The number of rotatable bonds is 9. The highest BCUT2D eigenvalue weighted by Gasteiger charge is 2.41. The van der Waals surface area contributed by atoms with Gasteiger partial charge in [-0.25, -0.2) is 9.59 Å². The minimum absolute atomic E-state index is 0.0211. The van der Waals surface area contributed by atoms with Crippen LogP contribution in [0.25, 0.3) is 0 Å². The number of aliphatic hydroxyl groups is 3. The molecule has 0 saturated carbocycles. The normalized spacial score (nSPS) is 14.6. The van der Waals surface area contributed by atoms with Crippen LogP contribution in [0.5, 0.6) is 0 Å². The average molecular weight is 331 g/mol. The van der Waals surface area contributed by atoms with Gasteiger partial charge in [0.05, 0.1) is 13.0 Å². The van der Waals surface area contributed by atoms with Gasteiger partial charge in [0.1, 0.15) is 6.10 Å². The van der Waals surface area contributed by atoms with Crippen LogP contribution in [-0.4, -0.2) is 57.8 Å². The summed E-state index contributed by atoms with van der Waals surface area (Å²) in [6, 6.07) is 0. The first kappa shape index (κ1) is 20.9. The molecule has 0 aliphatic heterocycles. The van der Waals surface area contributed by atoms with Crippen molar-refractivity contribution in [3.8, 4) is 0 Å². The summed E-state index contributed by atoms with van der Waals surface area (Å²) >= 11 is 0. The predicted molar refractivity (Wildman–Crippen MR) is 77.5 cm³/mol. The van der Waals surface area contributed by atoms with E-state index in [4.69, 9.17) is 20.3 Å². The van der Waals surface area contributed by atoms with Crippen LogP contribution in [0.1, 0.15) is 20.3 Å². The molecule has 130 valence electrons. The third kappa shape index (κ3) is 6.28. The molecule has 5 N–H and O–H groups in total. The van der Waals surface area contributed by atoms with Crippen molar-refractivity contribution in [2.24, 2.45) is 5.73 Å². The van der Waals surface area contributed by atoms with E-state index >= 15 is 0 Å². The summed E-state index contributed by atoms with van der Waals surface area (Å²) < 4.78 is 9.52. The van der Waals surface area contributed by atoms with Crippen molar-refractivity contribution in [2.45, 2.75) is 38.4 Å². The van der Waals surface area contributed by atoms with Crippen LogP contribution >= 0.6 is 0 Å². The number of ether oxygens (including phenoxy) is 2. The van der Waals surface area contributed by atoms with E-state index in [1.807, 2.05) is 0 Å². The van der Waals surface area contributed by atoms with Crippen LogP contribution in [0, 0.1) is 0 Å². The Labute approximate surface area is 133 Å². The summed E-state index contributed by atoms with van der Waals surface area (Å²) in [4.78, 5) is 34.9. The molecule has 23 heavy (non-hydrogen) atoms. The van der Waals surface area contributed by atoms with Gasteiger partial charge in [0.15, 0.2) is 5.78 Å². The van der Waals surface area contributed by atoms with Gasteiger partial charge in [0.2, 0.25) is 5.72 Å². The second-order valence-electron chi connectivity index (χ2n) is 4.95. The van der Waals surface area contributed by atoms with Crippen molar-refractivity contribution in [2.75, 3.05) is 6.61 Å². The van der Waals surface area contributed by atoms with Gasteiger partial charge < -0.3 is 24.8 Å².